The molecule has 0 bridgehead atoms. The van der Waals surface area contributed by atoms with Crippen molar-refractivity contribution in [2.45, 2.75) is 171 Å². The Morgan fingerprint density at radius 2 is 0.947 bits per heavy atom. The number of hydrogen-bond acceptors (Lipinski definition) is 21. The van der Waals surface area contributed by atoms with E-state index in [-0.39, 0.29) is 88.7 Å². The van der Waals surface area contributed by atoms with Crippen LogP contribution in [0.15, 0.2) is 96.1 Å². The van der Waals surface area contributed by atoms with Crippen LogP contribution in [0.5, 0.6) is 0 Å². The molecule has 12 atom stereocenters. The molecular formula is C75H109N19O19S. The van der Waals surface area contributed by atoms with E-state index in [1.54, 1.807) is 101 Å². The minimum Gasteiger partial charge on any atom is -0.480 e. The number of aliphatic imine (C=N–C) groups is 1. The third-order valence-electron chi connectivity index (χ3n) is 18.2. The molecule has 14 amide bonds. The normalized spacial score (nSPS) is 15.4. The van der Waals surface area contributed by atoms with E-state index in [0.717, 1.165) is 10.9 Å². The van der Waals surface area contributed by atoms with Gasteiger partial charge in [0.1, 0.15) is 72.5 Å². The quantitative estimate of drug-likeness (QED) is 0.0112. The summed E-state index contributed by atoms with van der Waals surface area (Å²) < 4.78 is 0. The van der Waals surface area contributed by atoms with E-state index in [9.17, 15) is 92.3 Å². The predicted molar refractivity (Wildman–Crippen MR) is 420 cm³/mol. The number of nitrogens with two attached hydrogens (primary N) is 3. The zero-order chi connectivity index (χ0) is 84.1. The first-order valence-corrected chi connectivity index (χ1v) is 38.8. The highest BCUT2D eigenvalue weighted by Gasteiger charge is 2.39. The van der Waals surface area contributed by atoms with E-state index < -0.39 is 201 Å². The van der Waals surface area contributed by atoms with E-state index in [0.29, 0.717) is 28.9 Å². The zero-order valence-electron chi connectivity index (χ0n) is 64.6. The molecule has 114 heavy (non-hydrogen) atoms. The third kappa shape index (κ3) is 31.0. The number of nitrogens with zero attached hydrogens (tertiary/aromatic N) is 2. The summed E-state index contributed by atoms with van der Waals surface area (Å²) in [5.74, 6) is -14.1. The monoisotopic (exact) mass is 1610 g/mol. The van der Waals surface area contributed by atoms with E-state index in [1.807, 2.05) is 24.3 Å². The SMILES string of the molecule is CSCC[C@H](NC(=O)[C@H](CO)NC(=O)[C@H](Cc1ccccc1)NC(=O)[C@H](CO)NC(=O)[C@H](CO)NC(=O)[C@H](C)NC(=O)[C@@H]1CCCN1C(=O)CNC(=O)[C@H](Cc1ccccc1)NC(=O)CNC(=O)[C@H](CC(C)C)NC(=O)[C@H](CC(C)C)NC(=O)[C@H](CCCN=C(N)N)NC(=O)[C@H](Cc1c[nH]c2ccccc12)NC(=O)CN)C(=O)O. The van der Waals surface area contributed by atoms with Crippen molar-refractivity contribution in [1.29, 1.82) is 0 Å². The number of amides is 14. The van der Waals surface area contributed by atoms with Crippen molar-refractivity contribution in [2.75, 3.05) is 64.6 Å². The summed E-state index contributed by atoms with van der Waals surface area (Å²) in [5, 5.41) is 73.4. The van der Waals surface area contributed by atoms with Crippen molar-refractivity contribution in [3.8, 4) is 0 Å². The number of H-pyrrole nitrogens is 1. The van der Waals surface area contributed by atoms with Crippen LogP contribution in [0.25, 0.3) is 10.9 Å². The number of para-hydroxylation sites is 1. The van der Waals surface area contributed by atoms with Gasteiger partial charge < -0.3 is 117 Å². The Hall–Kier alpha value is -11.3. The van der Waals surface area contributed by atoms with E-state index in [1.165, 1.54) is 23.6 Å². The highest BCUT2D eigenvalue weighted by Crippen LogP contribution is 2.21. The largest absolute Gasteiger partial charge is 0.480 e. The molecule has 1 saturated heterocycles. The lowest BCUT2D eigenvalue weighted by atomic mass is 9.99. The van der Waals surface area contributed by atoms with Crippen LogP contribution < -0.4 is 86.3 Å². The topological polar surface area (TPSA) is 603 Å². The molecule has 0 radical (unpaired) electrons. The second kappa shape index (κ2) is 47.9. The summed E-state index contributed by atoms with van der Waals surface area (Å²) in [6, 6.07) is 6.69. The number of nitrogens with one attached hydrogen (secondary N) is 14. The van der Waals surface area contributed by atoms with Gasteiger partial charge in [-0.15, -0.1) is 0 Å². The van der Waals surface area contributed by atoms with E-state index in [4.69, 9.17) is 17.2 Å². The van der Waals surface area contributed by atoms with Crippen LogP contribution in [0.4, 0.5) is 0 Å². The van der Waals surface area contributed by atoms with Crippen LogP contribution in [0.2, 0.25) is 0 Å². The fourth-order valence-electron chi connectivity index (χ4n) is 12.2. The number of guanidine groups is 1. The molecule has 0 aliphatic carbocycles. The lowest BCUT2D eigenvalue weighted by molar-refractivity contribution is -0.142. The summed E-state index contributed by atoms with van der Waals surface area (Å²) in [7, 11) is 0. The van der Waals surface area contributed by atoms with Crippen molar-refractivity contribution < 1.29 is 92.3 Å². The van der Waals surface area contributed by atoms with Crippen LogP contribution in [0.1, 0.15) is 96.3 Å². The highest BCUT2D eigenvalue weighted by molar-refractivity contribution is 7.98. The molecule has 0 saturated carbocycles. The van der Waals surface area contributed by atoms with Gasteiger partial charge in [-0.2, -0.15) is 11.8 Å². The highest BCUT2D eigenvalue weighted by atomic mass is 32.2. The number of carbonyl (C=O) groups is 15. The summed E-state index contributed by atoms with van der Waals surface area (Å²) in [5.41, 5.74) is 19.3. The van der Waals surface area contributed by atoms with Crippen molar-refractivity contribution in [1.82, 2.24) is 79.0 Å². The van der Waals surface area contributed by atoms with Gasteiger partial charge in [0.05, 0.1) is 39.5 Å². The minimum atomic E-state index is -1.83. The Balaban J connectivity index is 1.19. The maximum Gasteiger partial charge on any atom is 0.326 e. The van der Waals surface area contributed by atoms with Gasteiger partial charge >= 0.3 is 5.97 Å². The molecule has 624 valence electrons. The number of aliphatic carboxylic acids is 1. The predicted octanol–water partition coefficient (Wildman–Crippen LogP) is -5.31. The molecule has 39 heteroatoms. The fraction of sp³-hybridized carbons (Fsp3) is 0.520. The van der Waals surface area contributed by atoms with Crippen molar-refractivity contribution in [3.63, 3.8) is 0 Å². The Labute approximate surface area is 663 Å². The smallest absolute Gasteiger partial charge is 0.326 e. The number of carboxylic acid groups (broad SMARTS) is 1. The number of thioether (sulfide) groups is 1. The fourth-order valence-corrected chi connectivity index (χ4v) is 12.7. The first-order valence-electron chi connectivity index (χ1n) is 37.4. The molecule has 1 aliphatic heterocycles. The van der Waals surface area contributed by atoms with Crippen molar-refractivity contribution in [3.05, 3.63) is 108 Å². The molecule has 3 aromatic carbocycles. The van der Waals surface area contributed by atoms with Crippen LogP contribution in [0, 0.1) is 11.8 Å². The summed E-state index contributed by atoms with van der Waals surface area (Å²) in [6.45, 7) is 3.54. The molecule has 4 aromatic rings. The first-order chi connectivity index (χ1) is 54.3. The Morgan fingerprint density at radius 3 is 1.47 bits per heavy atom. The van der Waals surface area contributed by atoms with Crippen molar-refractivity contribution >= 4 is 117 Å². The summed E-state index contributed by atoms with van der Waals surface area (Å²) >= 11 is 1.33. The van der Waals surface area contributed by atoms with E-state index in [2.05, 4.69) is 79.1 Å². The molecule has 5 rings (SSSR count). The zero-order valence-corrected chi connectivity index (χ0v) is 65.4. The molecule has 1 fully saturated rings. The van der Waals surface area contributed by atoms with Crippen LogP contribution in [-0.4, -0.2) is 262 Å². The number of carbonyl (C=O) groups excluding carboxylic acids is 14. The van der Waals surface area contributed by atoms with Crippen LogP contribution in [-0.2, 0) is 91.2 Å². The van der Waals surface area contributed by atoms with Gasteiger partial charge in [0, 0.05) is 49.5 Å². The number of rotatable bonds is 48. The molecule has 2 heterocycles. The van der Waals surface area contributed by atoms with E-state index >= 15 is 0 Å². The average Bonchev–Trinajstić information content (AvgIpc) is 1.70. The Morgan fingerprint density at radius 1 is 0.509 bits per heavy atom. The van der Waals surface area contributed by atoms with Gasteiger partial charge in [0.15, 0.2) is 5.96 Å². The second-order valence-corrected chi connectivity index (χ2v) is 29.1. The molecule has 24 N–H and O–H groups in total. The number of carboxylic acids is 1. The molecule has 1 aliphatic rings. The Bertz CT molecular complexity index is 3960. The van der Waals surface area contributed by atoms with Gasteiger partial charge in [0.2, 0.25) is 82.7 Å². The second-order valence-electron chi connectivity index (χ2n) is 28.2. The van der Waals surface area contributed by atoms with Crippen molar-refractivity contribution in [2.24, 2.45) is 34.0 Å². The first kappa shape index (κ1) is 93.3. The lowest BCUT2D eigenvalue weighted by Gasteiger charge is -2.28. The van der Waals surface area contributed by atoms with Gasteiger partial charge in [-0.25, -0.2) is 4.79 Å². The van der Waals surface area contributed by atoms with Gasteiger partial charge in [-0.3, -0.25) is 72.1 Å². The molecule has 1 aromatic heterocycles. The number of aliphatic hydroxyl groups excluding tert-OH is 3. The number of aromatic amines is 1. The number of benzene rings is 3. The standard InChI is InChI=1S/C75H109N19O19S/c1-41(2)29-51(88-67(105)52(30-42(3)4)89-66(104)49(23-15-26-79-75(77)78)86-69(107)55(84-60(98)34-76)33-46-35-80-48-22-14-13-21-47(46)48)64(102)81-36-61(99)85-53(31-44-17-9-7-10-18-44)65(103)82-37-62(100)94-27-16-24-59(94)73(111)83-43(5)63(101)91-56(38-95)72(110)93-58(40-97)71(109)90-54(32-45-19-11-8-12-20-45)68(106)92-57(39-96)70(108)87-50(74(112)113)25-28-114-6/h7-14,17-22,35,41-43,49-59,80,95-97H,15-16,23-34,36-40,76H2,1-6H3,(H,81,102)(H,82,103)(H,83,111)(H,84,98)(H,85,99)(H,86,107)(H,87,108)(H,88,105)(H,89,104)(H,90,109)(H,91,101)(H,92,106)(H,93,110)(H,112,113)(H4,77,78,79)/t43-,49-,50-,51-,52-,53-,54-,55-,56-,57-,58-,59-/m0/s1. The number of likely N-dealkylation sites (tertiary alicyclic amines) is 1. The summed E-state index contributed by atoms with van der Waals surface area (Å²) in [6.07, 6.45) is 3.80. The maximum absolute atomic E-state index is 14.4. The average molecular weight is 1610 g/mol. The van der Waals surface area contributed by atoms with Gasteiger partial charge in [0.25, 0.3) is 0 Å². The molecular weight excluding hydrogens is 1500 g/mol. The summed E-state index contributed by atoms with van der Waals surface area (Å²) in [4.78, 5) is 213. The molecule has 0 spiro atoms. The number of fused-ring (bicyclic) bond motifs is 1. The Kier molecular flexibility index (Phi) is 39.2. The minimum absolute atomic E-state index is 0.00400. The number of aromatic nitrogens is 1. The van der Waals surface area contributed by atoms with Crippen LogP contribution in [0.3, 0.4) is 0 Å². The lowest BCUT2D eigenvalue weighted by Crippen LogP contribution is -2.61. The van der Waals surface area contributed by atoms with Crippen LogP contribution >= 0.6 is 11.8 Å². The van der Waals surface area contributed by atoms with Gasteiger partial charge in [-0.1, -0.05) is 107 Å². The maximum atomic E-state index is 14.4. The molecule has 38 nitrogen and oxygen atoms in total. The number of hydrogen-bond donors (Lipinski definition) is 21. The third-order valence-corrected chi connectivity index (χ3v) is 18.8. The van der Waals surface area contributed by atoms with Gasteiger partial charge in [-0.05, 0) is 98.5 Å². The number of aliphatic hydroxyl groups is 3. The molecule has 0 unspecified atom stereocenters.